The molecule has 1 amide bonds. The molecule has 1 N–H and O–H groups in total. The van der Waals surface area contributed by atoms with Crippen molar-refractivity contribution in [3.8, 4) is 0 Å². The van der Waals surface area contributed by atoms with Crippen LogP contribution in [0.15, 0.2) is 47.1 Å². The summed E-state index contributed by atoms with van der Waals surface area (Å²) in [5.74, 6) is -0.420. The van der Waals surface area contributed by atoms with Crippen molar-refractivity contribution in [2.45, 2.75) is 18.6 Å². The van der Waals surface area contributed by atoms with E-state index in [1.807, 2.05) is 12.1 Å². The van der Waals surface area contributed by atoms with Gasteiger partial charge in [0, 0.05) is 23.3 Å². The molecule has 1 aliphatic rings. The fraction of sp³-hybridized carbons (Fsp3) is 0.294. The van der Waals surface area contributed by atoms with E-state index in [9.17, 15) is 18.7 Å². The Morgan fingerprint density at radius 2 is 2.08 bits per heavy atom. The van der Waals surface area contributed by atoms with Gasteiger partial charge in [-0.15, -0.1) is 0 Å². The van der Waals surface area contributed by atoms with Gasteiger partial charge in [0.15, 0.2) is 11.4 Å². The molecule has 0 saturated carbocycles. The van der Waals surface area contributed by atoms with Crippen molar-refractivity contribution in [2.24, 2.45) is 0 Å². The monoisotopic (exact) mass is 347 g/mol. The van der Waals surface area contributed by atoms with E-state index in [1.54, 1.807) is 35.3 Å². The number of β-amino-alcohol motifs (C(OH)–C–C–N with tert-alkyl or cyclic N) is 1. The van der Waals surface area contributed by atoms with E-state index in [1.165, 1.54) is 0 Å². The predicted octanol–water partition coefficient (Wildman–Crippen LogP) is 2.13. The van der Waals surface area contributed by atoms with E-state index in [0.717, 1.165) is 10.3 Å². The number of fused-ring (bicyclic) bond motifs is 1. The number of furan rings is 1. The van der Waals surface area contributed by atoms with Crippen LogP contribution in [0, 0.1) is 0 Å². The smallest absolute Gasteiger partial charge is 0.290 e. The highest BCUT2D eigenvalue weighted by Crippen LogP contribution is 2.32. The Balaban J connectivity index is 1.68. The third-order valence-corrected chi connectivity index (χ3v) is 4.39. The number of alkyl halides is 2. The zero-order chi connectivity index (χ0) is 17.6. The molecular formula is C17H15F2N3O3. The first-order valence-corrected chi connectivity index (χ1v) is 7.75. The zero-order valence-corrected chi connectivity index (χ0v) is 13.1. The summed E-state index contributed by atoms with van der Waals surface area (Å²) >= 11 is 0. The first-order chi connectivity index (χ1) is 12.0. The van der Waals surface area contributed by atoms with Crippen molar-refractivity contribution in [1.29, 1.82) is 0 Å². The Morgan fingerprint density at radius 1 is 1.32 bits per heavy atom. The number of hydrogen-bond acceptors (Lipinski definition) is 4. The molecule has 4 rings (SSSR count). The summed E-state index contributed by atoms with van der Waals surface area (Å²) in [6.07, 6.45) is 0.493. The fourth-order valence-electron chi connectivity index (χ4n) is 3.02. The van der Waals surface area contributed by atoms with Crippen LogP contribution in [0.5, 0.6) is 0 Å². The Hall–Kier alpha value is -2.74. The molecule has 130 valence electrons. The van der Waals surface area contributed by atoms with Crippen LogP contribution in [0.3, 0.4) is 0 Å². The maximum Gasteiger partial charge on any atom is 0.290 e. The molecule has 2 aromatic heterocycles. The molecule has 1 saturated heterocycles. The lowest BCUT2D eigenvalue weighted by Gasteiger charge is -2.45. The summed E-state index contributed by atoms with van der Waals surface area (Å²) in [5.41, 5.74) is -0.960. The van der Waals surface area contributed by atoms with Gasteiger partial charge in [0.05, 0.1) is 19.6 Å². The molecule has 1 aliphatic heterocycles. The van der Waals surface area contributed by atoms with Crippen molar-refractivity contribution in [1.82, 2.24) is 14.7 Å². The minimum absolute atomic E-state index is 0.0908. The van der Waals surface area contributed by atoms with Gasteiger partial charge in [0.1, 0.15) is 5.58 Å². The van der Waals surface area contributed by atoms with E-state index in [0.29, 0.717) is 17.7 Å². The molecule has 0 aliphatic carbocycles. The average Bonchev–Trinajstić information content (AvgIpc) is 3.20. The van der Waals surface area contributed by atoms with Crippen LogP contribution in [0.4, 0.5) is 8.78 Å². The number of nitrogens with zero attached hydrogens (tertiary/aromatic N) is 3. The fourth-order valence-corrected chi connectivity index (χ4v) is 3.02. The lowest BCUT2D eigenvalue weighted by atomic mass is 9.94. The van der Waals surface area contributed by atoms with Gasteiger partial charge in [0.25, 0.3) is 12.3 Å². The second-order valence-corrected chi connectivity index (χ2v) is 6.18. The Kier molecular flexibility index (Phi) is 3.57. The van der Waals surface area contributed by atoms with E-state index < -0.39 is 31.0 Å². The van der Waals surface area contributed by atoms with Crippen molar-refractivity contribution >= 4 is 16.9 Å². The van der Waals surface area contributed by atoms with Gasteiger partial charge in [-0.3, -0.25) is 9.48 Å². The average molecular weight is 347 g/mol. The van der Waals surface area contributed by atoms with Crippen molar-refractivity contribution in [3.05, 3.63) is 54.0 Å². The van der Waals surface area contributed by atoms with Crippen LogP contribution in [-0.4, -0.2) is 50.8 Å². The highest BCUT2D eigenvalue weighted by Gasteiger charge is 2.51. The summed E-state index contributed by atoms with van der Waals surface area (Å²) in [5, 5.41) is 14.6. The molecule has 0 radical (unpaired) electrons. The third-order valence-electron chi connectivity index (χ3n) is 4.39. The van der Waals surface area contributed by atoms with Crippen LogP contribution in [0.2, 0.25) is 0 Å². The van der Waals surface area contributed by atoms with Crippen LogP contribution in [0.25, 0.3) is 11.0 Å². The zero-order valence-electron chi connectivity index (χ0n) is 13.1. The predicted molar refractivity (Wildman–Crippen MR) is 84.4 cm³/mol. The Bertz CT molecular complexity index is 915. The third kappa shape index (κ3) is 2.58. The van der Waals surface area contributed by atoms with E-state index in [4.69, 9.17) is 4.42 Å². The van der Waals surface area contributed by atoms with Gasteiger partial charge < -0.3 is 14.4 Å². The number of halogens is 2. The van der Waals surface area contributed by atoms with Crippen molar-refractivity contribution in [3.63, 3.8) is 0 Å². The van der Waals surface area contributed by atoms with Crippen LogP contribution in [0.1, 0.15) is 16.1 Å². The minimum Gasteiger partial charge on any atom is -0.451 e. The summed E-state index contributed by atoms with van der Waals surface area (Å²) in [7, 11) is 0. The van der Waals surface area contributed by atoms with Gasteiger partial charge in [-0.1, -0.05) is 18.2 Å². The van der Waals surface area contributed by atoms with Crippen molar-refractivity contribution < 1.29 is 23.1 Å². The highest BCUT2D eigenvalue weighted by atomic mass is 19.3. The standard InChI is InChI=1S/C17H15F2N3O3/c18-16(19)17(24)9-21(10-17)15(23)14-12(8-22-7-3-6-20-22)11-4-1-2-5-13(11)25-14/h1-7,16,24H,8-10H2. The largest absolute Gasteiger partial charge is 0.451 e. The topological polar surface area (TPSA) is 71.5 Å². The van der Waals surface area contributed by atoms with Crippen LogP contribution >= 0.6 is 0 Å². The van der Waals surface area contributed by atoms with Gasteiger partial charge in [0.2, 0.25) is 0 Å². The highest BCUT2D eigenvalue weighted by molar-refractivity contribution is 5.99. The normalized spacial score (nSPS) is 16.4. The number of likely N-dealkylation sites (tertiary alicyclic amines) is 1. The maximum atomic E-state index is 12.8. The number of aromatic nitrogens is 2. The first-order valence-electron chi connectivity index (χ1n) is 7.75. The number of carbonyl (C=O) groups is 1. The number of benzene rings is 1. The summed E-state index contributed by atoms with van der Waals surface area (Å²) in [6, 6.07) is 8.96. The lowest BCUT2D eigenvalue weighted by molar-refractivity contribution is -0.166. The summed E-state index contributed by atoms with van der Waals surface area (Å²) in [6.45, 7) is -0.512. The summed E-state index contributed by atoms with van der Waals surface area (Å²) in [4.78, 5) is 13.9. The second kappa shape index (κ2) is 5.66. The van der Waals surface area contributed by atoms with E-state index >= 15 is 0 Å². The Morgan fingerprint density at radius 3 is 2.76 bits per heavy atom. The molecule has 0 unspecified atom stereocenters. The molecule has 3 aromatic rings. The van der Waals surface area contributed by atoms with Gasteiger partial charge in [-0.25, -0.2) is 8.78 Å². The second-order valence-electron chi connectivity index (χ2n) is 6.18. The first kappa shape index (κ1) is 15.8. The van der Waals surface area contributed by atoms with Crippen LogP contribution < -0.4 is 0 Å². The molecular weight excluding hydrogens is 332 g/mol. The molecule has 25 heavy (non-hydrogen) atoms. The number of aliphatic hydroxyl groups is 1. The molecule has 0 bridgehead atoms. The quantitative estimate of drug-likeness (QED) is 0.785. The number of para-hydroxylation sites is 1. The number of hydrogen-bond donors (Lipinski definition) is 1. The van der Waals surface area contributed by atoms with Gasteiger partial charge in [-0.2, -0.15) is 5.10 Å². The number of amides is 1. The molecule has 0 spiro atoms. The molecule has 8 heteroatoms. The molecule has 1 fully saturated rings. The van der Waals surface area contributed by atoms with Gasteiger partial charge in [-0.05, 0) is 12.1 Å². The molecule has 6 nitrogen and oxygen atoms in total. The van der Waals surface area contributed by atoms with Crippen molar-refractivity contribution in [2.75, 3.05) is 13.1 Å². The number of rotatable bonds is 4. The van der Waals surface area contributed by atoms with E-state index in [-0.39, 0.29) is 5.76 Å². The molecule has 3 heterocycles. The maximum absolute atomic E-state index is 12.8. The number of carbonyl (C=O) groups excluding carboxylic acids is 1. The minimum atomic E-state index is -2.89. The molecule has 1 aromatic carbocycles. The Labute approximate surface area is 141 Å². The summed E-state index contributed by atoms with van der Waals surface area (Å²) < 4.78 is 32.9. The lowest BCUT2D eigenvalue weighted by Crippen LogP contribution is -2.67. The van der Waals surface area contributed by atoms with Crippen LogP contribution in [-0.2, 0) is 6.54 Å². The van der Waals surface area contributed by atoms with Gasteiger partial charge >= 0.3 is 0 Å². The van der Waals surface area contributed by atoms with E-state index in [2.05, 4.69) is 5.10 Å². The molecule has 0 atom stereocenters. The SMILES string of the molecule is O=C(c1oc2ccccc2c1Cn1cccn1)N1CC(O)(C(F)F)C1.